The molecule has 4 nitrogen and oxygen atoms in total. The van der Waals surface area contributed by atoms with Crippen LogP contribution in [0.1, 0.15) is 33.1 Å². The normalized spacial score (nSPS) is 26.4. The molecule has 3 unspecified atom stereocenters. The van der Waals surface area contributed by atoms with Crippen LogP contribution in [0.2, 0.25) is 0 Å². The predicted molar refractivity (Wildman–Crippen MR) is 63.9 cm³/mol. The second-order valence-electron chi connectivity index (χ2n) is 5.16. The van der Waals surface area contributed by atoms with Crippen molar-refractivity contribution in [3.63, 3.8) is 0 Å². The molecule has 0 saturated carbocycles. The van der Waals surface area contributed by atoms with Crippen LogP contribution in [0.15, 0.2) is 0 Å². The molecule has 0 aromatic heterocycles. The molecular weight excluding hydrogens is 202 g/mol. The molecule has 0 amide bonds. The second kappa shape index (κ2) is 5.62. The lowest BCUT2D eigenvalue weighted by atomic mass is 9.96. The first-order valence-electron chi connectivity index (χ1n) is 5.96. The van der Waals surface area contributed by atoms with E-state index in [1.165, 1.54) is 6.42 Å². The first kappa shape index (κ1) is 13.4. The van der Waals surface area contributed by atoms with E-state index in [2.05, 4.69) is 24.9 Å². The summed E-state index contributed by atoms with van der Waals surface area (Å²) < 4.78 is 5.59. The fraction of sp³-hybridized carbons (Fsp3) is 0.917. The van der Waals surface area contributed by atoms with E-state index in [9.17, 15) is 0 Å². The van der Waals surface area contributed by atoms with E-state index in [4.69, 9.17) is 15.7 Å². The van der Waals surface area contributed by atoms with Crippen molar-refractivity contribution in [3.8, 4) is 6.07 Å². The Morgan fingerprint density at radius 2 is 2.38 bits per heavy atom. The Labute approximate surface area is 98.4 Å². The Morgan fingerprint density at radius 1 is 1.69 bits per heavy atom. The van der Waals surface area contributed by atoms with Gasteiger partial charge in [0.05, 0.1) is 12.2 Å². The topological polar surface area (TPSA) is 62.3 Å². The summed E-state index contributed by atoms with van der Waals surface area (Å²) in [6.07, 6.45) is 3.36. The SMILES string of the molecule is CC(CC(C)(N)C#N)N(C)CC1CCCO1. The van der Waals surface area contributed by atoms with Gasteiger partial charge in [-0.25, -0.2) is 0 Å². The van der Waals surface area contributed by atoms with E-state index in [1.807, 2.05) is 0 Å². The van der Waals surface area contributed by atoms with Crippen molar-refractivity contribution in [1.82, 2.24) is 4.90 Å². The van der Waals surface area contributed by atoms with E-state index in [-0.39, 0.29) is 0 Å². The highest BCUT2D eigenvalue weighted by Gasteiger charge is 2.25. The number of likely N-dealkylation sites (N-methyl/N-ethyl adjacent to an activating group) is 1. The zero-order chi connectivity index (χ0) is 12.2. The molecule has 92 valence electrons. The summed E-state index contributed by atoms with van der Waals surface area (Å²) in [5.74, 6) is 0. The highest BCUT2D eigenvalue weighted by molar-refractivity contribution is 5.02. The van der Waals surface area contributed by atoms with Crippen molar-refractivity contribution in [2.45, 2.75) is 50.8 Å². The summed E-state index contributed by atoms with van der Waals surface area (Å²) in [4.78, 5) is 2.23. The van der Waals surface area contributed by atoms with Crippen molar-refractivity contribution in [3.05, 3.63) is 0 Å². The maximum Gasteiger partial charge on any atom is 0.102 e. The average molecular weight is 225 g/mol. The van der Waals surface area contributed by atoms with Crippen LogP contribution in [-0.4, -0.2) is 42.8 Å². The lowest BCUT2D eigenvalue weighted by Gasteiger charge is -2.30. The minimum atomic E-state index is -0.732. The number of nitrogens with zero attached hydrogens (tertiary/aromatic N) is 2. The van der Waals surface area contributed by atoms with Crippen LogP contribution in [0.25, 0.3) is 0 Å². The zero-order valence-electron chi connectivity index (χ0n) is 10.6. The monoisotopic (exact) mass is 225 g/mol. The van der Waals surface area contributed by atoms with Crippen molar-refractivity contribution < 1.29 is 4.74 Å². The molecule has 1 rings (SSSR count). The van der Waals surface area contributed by atoms with Crippen LogP contribution in [0.3, 0.4) is 0 Å². The van der Waals surface area contributed by atoms with Crippen LogP contribution in [-0.2, 0) is 4.74 Å². The zero-order valence-corrected chi connectivity index (χ0v) is 10.6. The molecule has 0 bridgehead atoms. The molecule has 4 heteroatoms. The first-order chi connectivity index (χ1) is 7.44. The Kier molecular flexibility index (Phi) is 4.72. The average Bonchev–Trinajstić information content (AvgIpc) is 2.69. The van der Waals surface area contributed by atoms with Gasteiger partial charge in [-0.3, -0.25) is 0 Å². The quantitative estimate of drug-likeness (QED) is 0.761. The number of ether oxygens (including phenoxy) is 1. The van der Waals surface area contributed by atoms with E-state index in [1.54, 1.807) is 6.92 Å². The van der Waals surface area contributed by atoms with Gasteiger partial charge >= 0.3 is 0 Å². The predicted octanol–water partition coefficient (Wildman–Crippen LogP) is 1.12. The van der Waals surface area contributed by atoms with Crippen LogP contribution in [0.4, 0.5) is 0 Å². The molecule has 2 N–H and O–H groups in total. The number of rotatable bonds is 5. The van der Waals surface area contributed by atoms with Crippen LogP contribution in [0, 0.1) is 11.3 Å². The van der Waals surface area contributed by atoms with Gasteiger partial charge in [0.2, 0.25) is 0 Å². The largest absolute Gasteiger partial charge is 0.377 e. The van der Waals surface area contributed by atoms with Crippen LogP contribution < -0.4 is 5.73 Å². The Hall–Kier alpha value is -0.630. The first-order valence-corrected chi connectivity index (χ1v) is 5.96. The molecular formula is C12H23N3O. The van der Waals surface area contributed by atoms with Gasteiger partial charge in [0.1, 0.15) is 5.54 Å². The Bertz CT molecular complexity index is 253. The summed E-state index contributed by atoms with van der Waals surface area (Å²) in [6, 6.07) is 2.45. The minimum absolute atomic E-state index is 0.304. The maximum atomic E-state index is 8.89. The molecule has 16 heavy (non-hydrogen) atoms. The lowest BCUT2D eigenvalue weighted by Crippen LogP contribution is -2.44. The van der Waals surface area contributed by atoms with Crippen LogP contribution in [0.5, 0.6) is 0 Å². The van der Waals surface area contributed by atoms with Gasteiger partial charge in [-0.15, -0.1) is 0 Å². The van der Waals surface area contributed by atoms with Crippen molar-refractivity contribution >= 4 is 0 Å². The van der Waals surface area contributed by atoms with E-state index >= 15 is 0 Å². The molecule has 3 atom stereocenters. The summed E-state index contributed by atoms with van der Waals surface area (Å²) >= 11 is 0. The molecule has 1 heterocycles. The number of hydrogen-bond donors (Lipinski definition) is 1. The third kappa shape index (κ3) is 4.09. The van der Waals surface area contributed by atoms with Crippen molar-refractivity contribution in [1.29, 1.82) is 5.26 Å². The summed E-state index contributed by atoms with van der Waals surface area (Å²) in [5.41, 5.74) is 5.11. The molecule has 1 aliphatic heterocycles. The van der Waals surface area contributed by atoms with Gasteiger partial charge in [-0.1, -0.05) is 0 Å². The molecule has 0 aromatic carbocycles. The van der Waals surface area contributed by atoms with Gasteiger partial charge in [0.25, 0.3) is 0 Å². The summed E-state index contributed by atoms with van der Waals surface area (Å²) in [5, 5.41) is 8.89. The fourth-order valence-electron chi connectivity index (χ4n) is 2.10. The molecule has 1 aliphatic rings. The molecule has 1 fully saturated rings. The lowest BCUT2D eigenvalue weighted by molar-refractivity contribution is 0.0671. The van der Waals surface area contributed by atoms with Gasteiger partial charge < -0.3 is 15.4 Å². The van der Waals surface area contributed by atoms with Crippen molar-refractivity contribution in [2.75, 3.05) is 20.2 Å². The van der Waals surface area contributed by atoms with E-state index in [0.717, 1.165) is 19.6 Å². The third-order valence-corrected chi connectivity index (χ3v) is 3.24. The standard InChI is InChI=1S/C12H23N3O/c1-10(7-12(2,14)9-13)15(3)8-11-5-4-6-16-11/h10-11H,4-8,14H2,1-3H3. The second-order valence-corrected chi connectivity index (χ2v) is 5.16. The van der Waals surface area contributed by atoms with Gasteiger partial charge in [-0.05, 0) is 40.2 Å². The summed E-state index contributed by atoms with van der Waals surface area (Å²) in [6.45, 7) is 5.71. The number of nitriles is 1. The highest BCUT2D eigenvalue weighted by Crippen LogP contribution is 2.16. The number of nitrogens with two attached hydrogens (primary N) is 1. The minimum Gasteiger partial charge on any atom is -0.377 e. The van der Waals surface area contributed by atoms with Crippen molar-refractivity contribution in [2.24, 2.45) is 5.73 Å². The maximum absolute atomic E-state index is 8.89. The molecule has 0 aromatic rings. The Morgan fingerprint density at radius 3 is 2.88 bits per heavy atom. The van der Waals surface area contributed by atoms with Gasteiger partial charge in [-0.2, -0.15) is 5.26 Å². The molecule has 0 spiro atoms. The van der Waals surface area contributed by atoms with E-state index < -0.39 is 5.54 Å². The third-order valence-electron chi connectivity index (χ3n) is 3.24. The smallest absolute Gasteiger partial charge is 0.102 e. The molecule has 0 radical (unpaired) electrons. The molecule has 0 aliphatic carbocycles. The number of hydrogen-bond acceptors (Lipinski definition) is 4. The summed E-state index contributed by atoms with van der Waals surface area (Å²) in [7, 11) is 2.07. The Balaban J connectivity index is 2.35. The fourth-order valence-corrected chi connectivity index (χ4v) is 2.10. The highest BCUT2D eigenvalue weighted by atomic mass is 16.5. The van der Waals surface area contributed by atoms with Crippen LogP contribution >= 0.6 is 0 Å². The molecule has 1 saturated heterocycles. The van der Waals surface area contributed by atoms with E-state index in [0.29, 0.717) is 18.6 Å². The van der Waals surface area contributed by atoms with Gasteiger partial charge in [0.15, 0.2) is 0 Å². The van der Waals surface area contributed by atoms with Gasteiger partial charge in [0, 0.05) is 19.2 Å².